The Morgan fingerprint density at radius 2 is 2.24 bits per heavy atom. The van der Waals surface area contributed by atoms with Crippen molar-refractivity contribution in [3.8, 4) is 0 Å². The van der Waals surface area contributed by atoms with Crippen molar-refractivity contribution >= 4 is 22.7 Å². The van der Waals surface area contributed by atoms with E-state index in [1.807, 2.05) is 24.4 Å². The number of thiophene rings is 1. The SMILES string of the molecule is Cc1ccc([N+](=O)[O-])c(NCc2cccs2)c1. The van der Waals surface area contributed by atoms with Crippen LogP contribution in [0.2, 0.25) is 0 Å². The number of nitro groups is 1. The number of nitro benzene ring substituents is 1. The van der Waals surface area contributed by atoms with Crippen LogP contribution in [0.5, 0.6) is 0 Å². The summed E-state index contributed by atoms with van der Waals surface area (Å²) in [4.78, 5) is 11.7. The number of hydrogen-bond acceptors (Lipinski definition) is 4. The predicted octanol–water partition coefficient (Wildman–Crippen LogP) is 3.58. The molecule has 0 unspecified atom stereocenters. The highest BCUT2D eigenvalue weighted by atomic mass is 32.1. The highest BCUT2D eigenvalue weighted by Gasteiger charge is 2.12. The number of nitrogens with zero attached hydrogens (tertiary/aromatic N) is 1. The van der Waals surface area contributed by atoms with Crippen molar-refractivity contribution in [2.24, 2.45) is 0 Å². The van der Waals surface area contributed by atoms with E-state index in [4.69, 9.17) is 0 Å². The van der Waals surface area contributed by atoms with Gasteiger partial charge in [0, 0.05) is 17.5 Å². The maximum absolute atomic E-state index is 10.9. The zero-order valence-electron chi connectivity index (χ0n) is 9.34. The van der Waals surface area contributed by atoms with Gasteiger partial charge in [-0.2, -0.15) is 0 Å². The van der Waals surface area contributed by atoms with E-state index in [0.717, 1.165) is 10.4 Å². The molecule has 1 aromatic carbocycles. The molecule has 1 N–H and O–H groups in total. The van der Waals surface area contributed by atoms with E-state index >= 15 is 0 Å². The molecule has 0 aliphatic carbocycles. The molecule has 0 atom stereocenters. The van der Waals surface area contributed by atoms with Crippen molar-refractivity contribution in [3.63, 3.8) is 0 Å². The molecular weight excluding hydrogens is 236 g/mol. The Labute approximate surface area is 103 Å². The second-order valence-corrected chi connectivity index (χ2v) is 4.74. The van der Waals surface area contributed by atoms with Crippen molar-refractivity contribution in [2.75, 3.05) is 5.32 Å². The number of nitrogens with one attached hydrogen (secondary N) is 1. The lowest BCUT2D eigenvalue weighted by molar-refractivity contribution is -0.384. The molecule has 4 nitrogen and oxygen atoms in total. The first-order valence-electron chi connectivity index (χ1n) is 5.18. The van der Waals surface area contributed by atoms with Crippen molar-refractivity contribution in [3.05, 3.63) is 56.3 Å². The number of hydrogen-bond donors (Lipinski definition) is 1. The third-order valence-corrected chi connectivity index (χ3v) is 3.26. The van der Waals surface area contributed by atoms with Crippen LogP contribution in [0.1, 0.15) is 10.4 Å². The van der Waals surface area contributed by atoms with Crippen LogP contribution in [0.25, 0.3) is 0 Å². The number of aryl methyl sites for hydroxylation is 1. The van der Waals surface area contributed by atoms with E-state index in [1.165, 1.54) is 6.07 Å². The van der Waals surface area contributed by atoms with E-state index in [1.54, 1.807) is 23.5 Å². The van der Waals surface area contributed by atoms with Crippen LogP contribution in [0.4, 0.5) is 11.4 Å². The van der Waals surface area contributed by atoms with Crippen LogP contribution in [-0.4, -0.2) is 4.92 Å². The third-order valence-electron chi connectivity index (χ3n) is 2.38. The molecule has 2 rings (SSSR count). The van der Waals surface area contributed by atoms with E-state index in [9.17, 15) is 10.1 Å². The molecule has 0 amide bonds. The van der Waals surface area contributed by atoms with Gasteiger partial charge in [0.05, 0.1) is 4.92 Å². The quantitative estimate of drug-likeness (QED) is 0.664. The van der Waals surface area contributed by atoms with Gasteiger partial charge in [-0.05, 0) is 30.0 Å². The average molecular weight is 248 g/mol. The van der Waals surface area contributed by atoms with Gasteiger partial charge < -0.3 is 5.32 Å². The number of benzene rings is 1. The first-order chi connectivity index (χ1) is 8.16. The third kappa shape index (κ3) is 2.82. The summed E-state index contributed by atoms with van der Waals surface area (Å²) in [6, 6.07) is 9.04. The molecule has 88 valence electrons. The molecule has 1 heterocycles. The van der Waals surface area contributed by atoms with E-state index in [2.05, 4.69) is 5.32 Å². The molecule has 0 radical (unpaired) electrons. The van der Waals surface area contributed by atoms with Gasteiger partial charge in [0.15, 0.2) is 0 Å². The molecule has 0 spiro atoms. The van der Waals surface area contributed by atoms with Crippen molar-refractivity contribution < 1.29 is 4.92 Å². The summed E-state index contributed by atoms with van der Waals surface area (Å²) in [5.74, 6) is 0. The van der Waals surface area contributed by atoms with Crippen molar-refractivity contribution in [2.45, 2.75) is 13.5 Å². The molecule has 0 aliphatic heterocycles. The smallest absolute Gasteiger partial charge is 0.292 e. The Morgan fingerprint density at radius 3 is 2.88 bits per heavy atom. The average Bonchev–Trinajstić information content (AvgIpc) is 2.78. The molecule has 1 aromatic heterocycles. The van der Waals surface area contributed by atoms with E-state index in [0.29, 0.717) is 12.2 Å². The summed E-state index contributed by atoms with van der Waals surface area (Å²) in [6.45, 7) is 2.53. The Morgan fingerprint density at radius 1 is 1.41 bits per heavy atom. The molecule has 17 heavy (non-hydrogen) atoms. The summed E-state index contributed by atoms with van der Waals surface area (Å²) >= 11 is 1.63. The van der Waals surface area contributed by atoms with Crippen LogP contribution in [-0.2, 0) is 6.54 Å². The Balaban J connectivity index is 2.19. The highest BCUT2D eigenvalue weighted by molar-refractivity contribution is 7.09. The maximum Gasteiger partial charge on any atom is 0.292 e. The maximum atomic E-state index is 10.9. The van der Waals surface area contributed by atoms with Gasteiger partial charge in [0.1, 0.15) is 5.69 Å². The zero-order valence-corrected chi connectivity index (χ0v) is 10.2. The largest absolute Gasteiger partial charge is 0.375 e. The minimum atomic E-state index is -0.365. The normalized spacial score (nSPS) is 10.2. The monoisotopic (exact) mass is 248 g/mol. The molecule has 5 heteroatoms. The van der Waals surface area contributed by atoms with Crippen LogP contribution in [0, 0.1) is 17.0 Å². The summed E-state index contributed by atoms with van der Waals surface area (Å²) in [7, 11) is 0. The summed E-state index contributed by atoms with van der Waals surface area (Å²) in [5, 5.41) is 16.0. The van der Waals surface area contributed by atoms with Gasteiger partial charge in [0.2, 0.25) is 0 Å². The fraction of sp³-hybridized carbons (Fsp3) is 0.167. The fourth-order valence-corrected chi connectivity index (χ4v) is 2.19. The molecule has 2 aromatic rings. The molecule has 0 fully saturated rings. The second-order valence-electron chi connectivity index (χ2n) is 3.71. The molecular formula is C12H12N2O2S. The topological polar surface area (TPSA) is 55.2 Å². The van der Waals surface area contributed by atoms with Gasteiger partial charge in [-0.15, -0.1) is 11.3 Å². The summed E-state index contributed by atoms with van der Waals surface area (Å²) in [6.07, 6.45) is 0. The summed E-state index contributed by atoms with van der Waals surface area (Å²) < 4.78 is 0. The van der Waals surface area contributed by atoms with E-state index in [-0.39, 0.29) is 10.6 Å². The molecule has 0 bridgehead atoms. The Hall–Kier alpha value is -1.88. The van der Waals surface area contributed by atoms with Crippen LogP contribution in [0.3, 0.4) is 0 Å². The zero-order chi connectivity index (χ0) is 12.3. The summed E-state index contributed by atoms with van der Waals surface area (Å²) in [5.41, 5.74) is 1.69. The van der Waals surface area contributed by atoms with Crippen LogP contribution < -0.4 is 5.32 Å². The number of rotatable bonds is 4. The second kappa shape index (κ2) is 4.97. The van der Waals surface area contributed by atoms with Gasteiger partial charge >= 0.3 is 0 Å². The van der Waals surface area contributed by atoms with Gasteiger partial charge in [-0.1, -0.05) is 12.1 Å². The Kier molecular flexibility index (Phi) is 3.39. The van der Waals surface area contributed by atoms with Gasteiger partial charge in [-0.3, -0.25) is 10.1 Å². The molecule has 0 saturated heterocycles. The molecule has 0 saturated carbocycles. The lowest BCUT2D eigenvalue weighted by atomic mass is 10.2. The first kappa shape index (κ1) is 11.6. The lowest BCUT2D eigenvalue weighted by Gasteiger charge is -2.06. The van der Waals surface area contributed by atoms with E-state index < -0.39 is 0 Å². The first-order valence-corrected chi connectivity index (χ1v) is 6.06. The fourth-order valence-electron chi connectivity index (χ4n) is 1.55. The number of anilines is 1. The lowest BCUT2D eigenvalue weighted by Crippen LogP contribution is -2.01. The predicted molar refractivity (Wildman–Crippen MR) is 69.5 cm³/mol. The Bertz CT molecular complexity index is 523. The molecule has 0 aliphatic rings. The minimum absolute atomic E-state index is 0.118. The highest BCUT2D eigenvalue weighted by Crippen LogP contribution is 2.26. The van der Waals surface area contributed by atoms with Gasteiger partial charge in [-0.25, -0.2) is 0 Å². The standard InChI is InChI=1S/C12H12N2O2S/c1-9-4-5-12(14(15)16)11(7-9)13-8-10-3-2-6-17-10/h2-7,13H,8H2,1H3. The van der Waals surface area contributed by atoms with Crippen molar-refractivity contribution in [1.82, 2.24) is 0 Å². The minimum Gasteiger partial charge on any atom is -0.375 e. The van der Waals surface area contributed by atoms with Gasteiger partial charge in [0.25, 0.3) is 5.69 Å². The van der Waals surface area contributed by atoms with Crippen LogP contribution >= 0.6 is 11.3 Å². The van der Waals surface area contributed by atoms with Crippen molar-refractivity contribution in [1.29, 1.82) is 0 Å². The van der Waals surface area contributed by atoms with Crippen LogP contribution in [0.15, 0.2) is 35.7 Å².